The summed E-state index contributed by atoms with van der Waals surface area (Å²) in [5.41, 5.74) is 0.428. The number of hydrogen-bond acceptors (Lipinski definition) is 4. The molecule has 0 unspecified atom stereocenters. The van der Waals surface area contributed by atoms with Crippen LogP contribution in [0.1, 0.15) is 5.56 Å². The predicted molar refractivity (Wildman–Crippen MR) is 47.1 cm³/mol. The molecule has 0 saturated heterocycles. The number of fused-ring (bicyclic) bond motifs is 1. The smallest absolute Gasteiger partial charge is 0.294 e. The van der Waals surface area contributed by atoms with Crippen LogP contribution in [0, 0.1) is 6.92 Å². The molecule has 5 nitrogen and oxygen atoms in total. The Kier molecular flexibility index (Phi) is 1.90. The molecule has 14 heavy (non-hydrogen) atoms. The van der Waals surface area contributed by atoms with E-state index in [9.17, 15) is 8.42 Å². The van der Waals surface area contributed by atoms with Crippen molar-refractivity contribution in [3.8, 4) is 11.5 Å². The van der Waals surface area contributed by atoms with E-state index in [4.69, 9.17) is 14.0 Å². The van der Waals surface area contributed by atoms with Crippen molar-refractivity contribution in [3.63, 3.8) is 0 Å². The third-order valence-corrected chi connectivity index (χ3v) is 2.94. The lowest BCUT2D eigenvalue weighted by atomic mass is 10.2. The van der Waals surface area contributed by atoms with Gasteiger partial charge >= 0.3 is 0 Å². The maximum Gasteiger partial charge on any atom is 0.294 e. The number of ether oxygens (including phenoxy) is 2. The van der Waals surface area contributed by atoms with Crippen molar-refractivity contribution in [2.24, 2.45) is 0 Å². The summed E-state index contributed by atoms with van der Waals surface area (Å²) in [6, 6.07) is 2.78. The Morgan fingerprint density at radius 1 is 1.29 bits per heavy atom. The van der Waals surface area contributed by atoms with Crippen molar-refractivity contribution < 1.29 is 22.4 Å². The van der Waals surface area contributed by atoms with Crippen LogP contribution in [-0.4, -0.2) is 19.8 Å². The van der Waals surface area contributed by atoms with Gasteiger partial charge in [-0.2, -0.15) is 8.42 Å². The molecule has 0 amide bonds. The van der Waals surface area contributed by atoms with Gasteiger partial charge in [0.1, 0.15) is 4.90 Å². The molecule has 0 aliphatic carbocycles. The summed E-state index contributed by atoms with van der Waals surface area (Å²) in [5.74, 6) is 0.832. The zero-order valence-electron chi connectivity index (χ0n) is 7.35. The van der Waals surface area contributed by atoms with Crippen LogP contribution in [0.3, 0.4) is 0 Å². The molecule has 1 aliphatic heterocycles. The molecule has 1 aliphatic rings. The quantitative estimate of drug-likeness (QED) is 0.708. The normalized spacial score (nSPS) is 14.4. The molecule has 0 saturated carbocycles. The van der Waals surface area contributed by atoms with Gasteiger partial charge in [-0.1, -0.05) is 0 Å². The van der Waals surface area contributed by atoms with Gasteiger partial charge in [-0.3, -0.25) is 4.55 Å². The van der Waals surface area contributed by atoms with Crippen LogP contribution in [0.5, 0.6) is 11.5 Å². The van der Waals surface area contributed by atoms with Crippen molar-refractivity contribution in [1.29, 1.82) is 0 Å². The Hall–Kier alpha value is -1.27. The summed E-state index contributed by atoms with van der Waals surface area (Å²) in [5, 5.41) is 0. The first-order valence-electron chi connectivity index (χ1n) is 3.86. The largest absolute Gasteiger partial charge is 0.454 e. The molecular weight excluding hydrogens is 208 g/mol. The molecule has 0 spiro atoms. The molecule has 0 atom stereocenters. The summed E-state index contributed by atoms with van der Waals surface area (Å²) in [6.07, 6.45) is 0. The van der Waals surface area contributed by atoms with Crippen LogP contribution in [0.4, 0.5) is 0 Å². The van der Waals surface area contributed by atoms with Gasteiger partial charge in [0.05, 0.1) is 0 Å². The maximum atomic E-state index is 10.9. The van der Waals surface area contributed by atoms with E-state index in [-0.39, 0.29) is 11.7 Å². The minimum absolute atomic E-state index is 0.0731. The Bertz CT molecular complexity index is 477. The van der Waals surface area contributed by atoms with Crippen molar-refractivity contribution in [2.45, 2.75) is 11.8 Å². The van der Waals surface area contributed by atoms with Gasteiger partial charge in [0.2, 0.25) is 6.79 Å². The van der Waals surface area contributed by atoms with Gasteiger partial charge in [-0.25, -0.2) is 0 Å². The van der Waals surface area contributed by atoms with Gasteiger partial charge in [-0.15, -0.1) is 0 Å². The summed E-state index contributed by atoms with van der Waals surface area (Å²) in [6.45, 7) is 1.65. The lowest BCUT2D eigenvalue weighted by molar-refractivity contribution is 0.174. The highest BCUT2D eigenvalue weighted by atomic mass is 32.2. The molecule has 2 rings (SSSR count). The number of benzene rings is 1. The van der Waals surface area contributed by atoms with E-state index in [0.29, 0.717) is 17.1 Å². The lowest BCUT2D eigenvalue weighted by Gasteiger charge is -2.03. The van der Waals surface area contributed by atoms with Gasteiger partial charge < -0.3 is 9.47 Å². The molecule has 0 radical (unpaired) electrons. The fourth-order valence-electron chi connectivity index (χ4n) is 1.30. The molecule has 0 bridgehead atoms. The van der Waals surface area contributed by atoms with Crippen molar-refractivity contribution in [1.82, 2.24) is 0 Å². The first-order chi connectivity index (χ1) is 6.48. The van der Waals surface area contributed by atoms with E-state index in [1.165, 1.54) is 12.1 Å². The molecule has 1 aromatic carbocycles. The SMILES string of the molecule is Cc1cc2c(cc1S(=O)(=O)O)OCO2. The Labute approximate surface area is 81.0 Å². The summed E-state index contributed by atoms with van der Waals surface area (Å²) in [4.78, 5) is -0.151. The first-order valence-corrected chi connectivity index (χ1v) is 5.30. The highest BCUT2D eigenvalue weighted by Crippen LogP contribution is 2.35. The molecule has 6 heteroatoms. The molecule has 0 fully saturated rings. The zero-order valence-corrected chi connectivity index (χ0v) is 8.17. The average Bonchev–Trinajstić information content (AvgIpc) is 2.47. The van der Waals surface area contributed by atoms with E-state index < -0.39 is 10.1 Å². The van der Waals surface area contributed by atoms with Crippen LogP contribution in [0.25, 0.3) is 0 Å². The topological polar surface area (TPSA) is 72.8 Å². The standard InChI is InChI=1S/C8H8O5S/c1-5-2-6-7(13-4-12-6)3-8(5)14(9,10)11/h2-3H,4H2,1H3,(H,9,10,11). The van der Waals surface area contributed by atoms with E-state index in [1.807, 2.05) is 0 Å². The second-order valence-corrected chi connectivity index (χ2v) is 4.34. The van der Waals surface area contributed by atoms with E-state index in [0.717, 1.165) is 0 Å². The number of rotatable bonds is 1. The lowest BCUT2D eigenvalue weighted by Crippen LogP contribution is -2.00. The van der Waals surface area contributed by atoms with Gasteiger partial charge in [0.25, 0.3) is 10.1 Å². The van der Waals surface area contributed by atoms with Crippen LogP contribution >= 0.6 is 0 Å². The monoisotopic (exact) mass is 216 g/mol. The van der Waals surface area contributed by atoms with E-state index in [1.54, 1.807) is 6.92 Å². The average molecular weight is 216 g/mol. The summed E-state index contributed by atoms with van der Waals surface area (Å²) >= 11 is 0. The highest BCUT2D eigenvalue weighted by Gasteiger charge is 2.21. The van der Waals surface area contributed by atoms with E-state index >= 15 is 0 Å². The van der Waals surface area contributed by atoms with Crippen LogP contribution < -0.4 is 9.47 Å². The molecule has 76 valence electrons. The Morgan fingerprint density at radius 3 is 2.43 bits per heavy atom. The fraction of sp³-hybridized carbons (Fsp3) is 0.250. The molecule has 1 aromatic rings. The van der Waals surface area contributed by atoms with Crippen molar-refractivity contribution in [2.75, 3.05) is 6.79 Å². The third-order valence-electron chi connectivity index (χ3n) is 1.95. The minimum atomic E-state index is -4.19. The van der Waals surface area contributed by atoms with Gasteiger partial charge in [0, 0.05) is 6.07 Å². The van der Waals surface area contributed by atoms with Crippen molar-refractivity contribution in [3.05, 3.63) is 17.7 Å². The molecule has 0 aromatic heterocycles. The van der Waals surface area contributed by atoms with Crippen LogP contribution in [0.15, 0.2) is 17.0 Å². The Balaban J connectivity index is 2.65. The van der Waals surface area contributed by atoms with Crippen LogP contribution in [-0.2, 0) is 10.1 Å². The van der Waals surface area contributed by atoms with Gasteiger partial charge in [-0.05, 0) is 18.6 Å². The second-order valence-electron chi connectivity index (χ2n) is 2.95. The minimum Gasteiger partial charge on any atom is -0.454 e. The highest BCUT2D eigenvalue weighted by molar-refractivity contribution is 7.85. The molecular formula is C8H8O5S. The van der Waals surface area contributed by atoms with Crippen LogP contribution in [0.2, 0.25) is 0 Å². The Morgan fingerprint density at radius 2 is 1.86 bits per heavy atom. The summed E-state index contributed by atoms with van der Waals surface area (Å²) in [7, 11) is -4.19. The second kappa shape index (κ2) is 2.86. The maximum absolute atomic E-state index is 10.9. The number of hydrogen-bond donors (Lipinski definition) is 1. The third kappa shape index (κ3) is 1.42. The van der Waals surface area contributed by atoms with E-state index in [2.05, 4.69) is 0 Å². The van der Waals surface area contributed by atoms with Gasteiger partial charge in [0.15, 0.2) is 11.5 Å². The predicted octanol–water partition coefficient (Wildman–Crippen LogP) is 0.970. The first kappa shape index (κ1) is 9.29. The molecule has 1 heterocycles. The molecule has 1 N–H and O–H groups in total. The number of aryl methyl sites for hydroxylation is 1. The summed E-state index contributed by atoms with van der Waals surface area (Å²) < 4.78 is 40.7. The fourth-order valence-corrected chi connectivity index (χ4v) is 2.02. The van der Waals surface area contributed by atoms with Crippen molar-refractivity contribution >= 4 is 10.1 Å². The zero-order chi connectivity index (χ0) is 10.3.